The molecule has 1 aromatic carbocycles. The average molecular weight is 404 g/mol. The van der Waals surface area contributed by atoms with Crippen LogP contribution in [0.25, 0.3) is 22.3 Å². The fourth-order valence-electron chi connectivity index (χ4n) is 3.59. The smallest absolute Gasteiger partial charge is 0.252 e. The molecule has 0 saturated carbocycles. The van der Waals surface area contributed by atoms with Gasteiger partial charge in [0.05, 0.1) is 41.7 Å². The number of fused-ring (bicyclic) bond motifs is 1. The van der Waals surface area contributed by atoms with Crippen LogP contribution in [0.2, 0.25) is 0 Å². The van der Waals surface area contributed by atoms with Gasteiger partial charge in [-0.25, -0.2) is 4.98 Å². The lowest BCUT2D eigenvalue weighted by Gasteiger charge is -2.10. The number of rotatable bonds is 6. The second-order valence-electron chi connectivity index (χ2n) is 7.01. The van der Waals surface area contributed by atoms with Crippen molar-refractivity contribution >= 4 is 16.9 Å². The molecule has 0 saturated heterocycles. The minimum Gasteiger partial charge on any atom is -0.497 e. The van der Waals surface area contributed by atoms with Gasteiger partial charge in [0.1, 0.15) is 5.75 Å². The maximum Gasteiger partial charge on any atom is 0.252 e. The number of ether oxygens (including phenoxy) is 1. The van der Waals surface area contributed by atoms with Crippen molar-refractivity contribution < 1.29 is 9.53 Å². The van der Waals surface area contributed by atoms with Gasteiger partial charge in [-0.1, -0.05) is 0 Å². The van der Waals surface area contributed by atoms with Crippen molar-refractivity contribution in [3.05, 3.63) is 59.5 Å². The maximum atomic E-state index is 13.2. The Morgan fingerprint density at radius 3 is 2.67 bits per heavy atom. The number of hydrogen-bond donors (Lipinski definition) is 1. The molecular formula is C22H24N6O2. The summed E-state index contributed by atoms with van der Waals surface area (Å²) >= 11 is 0. The van der Waals surface area contributed by atoms with Crippen LogP contribution in [0.15, 0.2) is 42.6 Å². The highest BCUT2D eigenvalue weighted by atomic mass is 16.5. The highest BCUT2D eigenvalue weighted by Gasteiger charge is 2.19. The number of carbonyl (C=O) groups excluding carboxylic acids is 1. The molecule has 4 rings (SSSR count). The molecule has 0 radical (unpaired) electrons. The molecule has 4 aromatic rings. The predicted molar refractivity (Wildman–Crippen MR) is 114 cm³/mol. The third-order valence-corrected chi connectivity index (χ3v) is 5.13. The summed E-state index contributed by atoms with van der Waals surface area (Å²) in [5, 5.41) is 12.5. The highest BCUT2D eigenvalue weighted by Crippen LogP contribution is 2.28. The highest BCUT2D eigenvalue weighted by molar-refractivity contribution is 6.07. The quantitative estimate of drug-likeness (QED) is 0.534. The van der Waals surface area contributed by atoms with E-state index in [9.17, 15) is 4.79 Å². The zero-order chi connectivity index (χ0) is 21.3. The van der Waals surface area contributed by atoms with E-state index >= 15 is 0 Å². The van der Waals surface area contributed by atoms with Gasteiger partial charge >= 0.3 is 0 Å². The second-order valence-corrected chi connectivity index (χ2v) is 7.01. The van der Waals surface area contributed by atoms with Gasteiger partial charge in [-0.2, -0.15) is 10.2 Å². The number of aromatic nitrogens is 5. The van der Waals surface area contributed by atoms with Crippen molar-refractivity contribution in [2.45, 2.75) is 26.9 Å². The van der Waals surface area contributed by atoms with E-state index in [0.29, 0.717) is 23.4 Å². The zero-order valence-electron chi connectivity index (χ0n) is 17.5. The molecule has 8 heteroatoms. The molecule has 0 bridgehead atoms. The van der Waals surface area contributed by atoms with Crippen molar-refractivity contribution in [3.8, 4) is 17.0 Å². The van der Waals surface area contributed by atoms with Crippen molar-refractivity contribution in [1.82, 2.24) is 29.9 Å². The van der Waals surface area contributed by atoms with E-state index < -0.39 is 0 Å². The molecule has 0 aliphatic heterocycles. The molecule has 0 unspecified atom stereocenters. The molecule has 0 aliphatic carbocycles. The Labute approximate surface area is 174 Å². The number of amides is 1. The molecule has 30 heavy (non-hydrogen) atoms. The van der Waals surface area contributed by atoms with Crippen LogP contribution in [0.4, 0.5) is 0 Å². The first-order valence-corrected chi connectivity index (χ1v) is 9.79. The number of benzene rings is 1. The number of nitrogens with one attached hydrogen (secondary N) is 1. The van der Waals surface area contributed by atoms with Crippen LogP contribution in [-0.2, 0) is 20.1 Å². The average Bonchev–Trinajstić information content (AvgIpc) is 3.35. The molecule has 1 amide bonds. The van der Waals surface area contributed by atoms with Gasteiger partial charge in [-0.05, 0) is 50.2 Å². The Morgan fingerprint density at radius 1 is 1.20 bits per heavy atom. The van der Waals surface area contributed by atoms with Crippen molar-refractivity contribution in [2.75, 3.05) is 7.11 Å². The molecule has 0 atom stereocenters. The third kappa shape index (κ3) is 3.52. The first kappa shape index (κ1) is 19.6. The van der Waals surface area contributed by atoms with E-state index in [1.54, 1.807) is 18.0 Å². The molecule has 0 aliphatic rings. The number of nitrogens with zero attached hydrogens (tertiary/aromatic N) is 5. The van der Waals surface area contributed by atoms with Crippen LogP contribution in [-0.4, -0.2) is 37.6 Å². The van der Waals surface area contributed by atoms with Gasteiger partial charge in [-0.3, -0.25) is 14.2 Å². The lowest BCUT2D eigenvalue weighted by Crippen LogP contribution is -2.25. The van der Waals surface area contributed by atoms with Crippen LogP contribution in [0, 0.1) is 6.92 Å². The fourth-order valence-corrected chi connectivity index (χ4v) is 3.59. The zero-order valence-corrected chi connectivity index (χ0v) is 17.5. The number of carbonyl (C=O) groups is 1. The monoisotopic (exact) mass is 404 g/mol. The summed E-state index contributed by atoms with van der Waals surface area (Å²) in [5.41, 5.74) is 4.55. The lowest BCUT2D eigenvalue weighted by atomic mass is 10.0. The Morgan fingerprint density at radius 2 is 1.97 bits per heavy atom. The topological polar surface area (TPSA) is 86.9 Å². The molecule has 0 fully saturated rings. The van der Waals surface area contributed by atoms with Crippen molar-refractivity contribution in [2.24, 2.45) is 7.05 Å². The van der Waals surface area contributed by atoms with E-state index in [0.717, 1.165) is 34.6 Å². The van der Waals surface area contributed by atoms with E-state index in [4.69, 9.17) is 9.72 Å². The molecule has 1 N–H and O–H groups in total. The summed E-state index contributed by atoms with van der Waals surface area (Å²) in [6.45, 7) is 5.06. The Bertz CT molecular complexity index is 1210. The molecule has 3 aromatic heterocycles. The van der Waals surface area contributed by atoms with Crippen molar-refractivity contribution in [3.63, 3.8) is 0 Å². The number of hydrogen-bond acceptors (Lipinski definition) is 5. The lowest BCUT2D eigenvalue weighted by molar-refractivity contribution is 0.0951. The summed E-state index contributed by atoms with van der Waals surface area (Å²) in [6.07, 6.45) is 1.74. The number of methoxy groups -OCH3 is 1. The summed E-state index contributed by atoms with van der Waals surface area (Å²) in [7, 11) is 3.46. The number of aryl methyl sites for hydroxylation is 3. The van der Waals surface area contributed by atoms with Gasteiger partial charge in [-0.15, -0.1) is 0 Å². The summed E-state index contributed by atoms with van der Waals surface area (Å²) < 4.78 is 8.81. The van der Waals surface area contributed by atoms with Gasteiger partial charge in [0.2, 0.25) is 0 Å². The second kappa shape index (κ2) is 7.98. The molecule has 8 nitrogen and oxygen atoms in total. The summed E-state index contributed by atoms with van der Waals surface area (Å²) in [5.74, 6) is 0.596. The van der Waals surface area contributed by atoms with Gasteiger partial charge in [0.25, 0.3) is 5.91 Å². The van der Waals surface area contributed by atoms with E-state index in [-0.39, 0.29) is 5.91 Å². The van der Waals surface area contributed by atoms with Crippen LogP contribution in [0.5, 0.6) is 5.75 Å². The van der Waals surface area contributed by atoms with Gasteiger partial charge in [0, 0.05) is 25.4 Å². The minimum absolute atomic E-state index is 0.169. The maximum absolute atomic E-state index is 13.2. The Kier molecular flexibility index (Phi) is 5.22. The molecular weight excluding hydrogens is 380 g/mol. The summed E-state index contributed by atoms with van der Waals surface area (Å²) in [4.78, 5) is 17.9. The van der Waals surface area contributed by atoms with Crippen LogP contribution in [0.1, 0.15) is 28.7 Å². The van der Waals surface area contributed by atoms with Crippen LogP contribution < -0.4 is 10.1 Å². The van der Waals surface area contributed by atoms with Crippen LogP contribution >= 0.6 is 0 Å². The number of pyridine rings is 1. The first-order chi connectivity index (χ1) is 14.5. The Hall–Kier alpha value is -3.68. The van der Waals surface area contributed by atoms with E-state index in [1.165, 1.54) is 0 Å². The van der Waals surface area contributed by atoms with Crippen molar-refractivity contribution in [1.29, 1.82) is 0 Å². The van der Waals surface area contributed by atoms with Gasteiger partial charge < -0.3 is 10.1 Å². The fraction of sp³-hybridized carbons (Fsp3) is 0.273. The molecule has 3 heterocycles. The predicted octanol–water partition coefficient (Wildman–Crippen LogP) is 3.10. The minimum atomic E-state index is -0.169. The standard InChI is InChI=1S/C22H24N6O2/c1-5-28-16(10-11-24-28)13-23-22(29)18-12-19(15-6-8-17(30-4)9-7-15)25-21-20(18)14(2)26-27(21)3/h6-12H,5,13H2,1-4H3,(H,23,29). The third-order valence-electron chi connectivity index (χ3n) is 5.13. The SMILES string of the molecule is CCn1nccc1CNC(=O)c1cc(-c2ccc(OC)cc2)nc2c1c(C)nn2C. The van der Waals surface area contributed by atoms with E-state index in [2.05, 4.69) is 15.5 Å². The normalized spacial score (nSPS) is 11.1. The largest absolute Gasteiger partial charge is 0.497 e. The molecule has 154 valence electrons. The molecule has 0 spiro atoms. The van der Waals surface area contributed by atoms with Crippen LogP contribution in [0.3, 0.4) is 0 Å². The van der Waals surface area contributed by atoms with Gasteiger partial charge in [0.15, 0.2) is 5.65 Å². The first-order valence-electron chi connectivity index (χ1n) is 9.79. The summed E-state index contributed by atoms with van der Waals surface area (Å²) in [6, 6.07) is 11.3. The van der Waals surface area contributed by atoms with E-state index in [1.807, 2.05) is 62.0 Å². The Balaban J connectivity index is 1.74.